The summed E-state index contributed by atoms with van der Waals surface area (Å²) in [5.74, 6) is 14.7. The molecule has 0 aliphatic carbocycles. The van der Waals surface area contributed by atoms with Gasteiger partial charge in [-0.05, 0) is 49.1 Å². The van der Waals surface area contributed by atoms with Crippen molar-refractivity contribution in [3.8, 4) is 35.5 Å². The molecule has 0 atom stereocenters. The molecule has 0 unspecified atom stereocenters. The SMILES string of the molecule is CC#Cc1ccccc1C(O)(C#Cc1ccccc1C(F)(F)F)C#Cc1ccccc1C(F)(F)F. The third-order valence-electron chi connectivity index (χ3n) is 4.80. The van der Waals surface area contributed by atoms with E-state index in [-0.39, 0.29) is 11.1 Å². The lowest BCUT2D eigenvalue weighted by molar-refractivity contribution is -0.138. The van der Waals surface area contributed by atoms with Crippen LogP contribution in [0.25, 0.3) is 0 Å². The van der Waals surface area contributed by atoms with Crippen LogP contribution in [0.2, 0.25) is 0 Å². The summed E-state index contributed by atoms with van der Waals surface area (Å²) in [6.45, 7) is 1.53. The van der Waals surface area contributed by atoms with Crippen LogP contribution in [-0.4, -0.2) is 5.11 Å². The van der Waals surface area contributed by atoms with Crippen molar-refractivity contribution < 1.29 is 31.4 Å². The second-order valence-corrected chi connectivity index (χ2v) is 7.22. The van der Waals surface area contributed by atoms with E-state index in [1.807, 2.05) is 0 Å². The van der Waals surface area contributed by atoms with Gasteiger partial charge < -0.3 is 5.11 Å². The molecule has 0 amide bonds. The molecule has 35 heavy (non-hydrogen) atoms. The fraction of sp³-hybridized carbons (Fsp3) is 0.143. The van der Waals surface area contributed by atoms with Crippen LogP contribution in [0.15, 0.2) is 72.8 Å². The Labute approximate surface area is 198 Å². The lowest BCUT2D eigenvalue weighted by Crippen LogP contribution is -2.23. The predicted molar refractivity (Wildman–Crippen MR) is 120 cm³/mol. The number of hydrogen-bond acceptors (Lipinski definition) is 1. The fourth-order valence-electron chi connectivity index (χ4n) is 3.20. The number of rotatable bonds is 1. The van der Waals surface area contributed by atoms with E-state index in [4.69, 9.17) is 0 Å². The summed E-state index contributed by atoms with van der Waals surface area (Å²) in [6, 6.07) is 15.1. The van der Waals surface area contributed by atoms with Crippen LogP contribution in [0.3, 0.4) is 0 Å². The van der Waals surface area contributed by atoms with Crippen LogP contribution in [0, 0.1) is 35.5 Å². The zero-order valence-corrected chi connectivity index (χ0v) is 18.1. The van der Waals surface area contributed by atoms with Crippen molar-refractivity contribution in [1.29, 1.82) is 0 Å². The molecule has 0 spiro atoms. The van der Waals surface area contributed by atoms with Crippen LogP contribution in [-0.2, 0) is 18.0 Å². The van der Waals surface area contributed by atoms with Crippen molar-refractivity contribution in [3.63, 3.8) is 0 Å². The van der Waals surface area contributed by atoms with Crippen LogP contribution in [0.5, 0.6) is 0 Å². The molecule has 3 aromatic carbocycles. The van der Waals surface area contributed by atoms with Crippen LogP contribution < -0.4 is 0 Å². The van der Waals surface area contributed by atoms with E-state index in [9.17, 15) is 31.4 Å². The summed E-state index contributed by atoms with van der Waals surface area (Å²) in [6.07, 6.45) is -9.40. The Balaban J connectivity index is 2.26. The Morgan fingerprint density at radius 2 is 0.886 bits per heavy atom. The van der Waals surface area contributed by atoms with Gasteiger partial charge in [0.1, 0.15) is 0 Å². The smallest absolute Gasteiger partial charge is 0.363 e. The summed E-state index contributed by atoms with van der Waals surface area (Å²) in [4.78, 5) is 0. The van der Waals surface area contributed by atoms with Gasteiger partial charge in [-0.15, -0.1) is 5.92 Å². The first-order valence-electron chi connectivity index (χ1n) is 10.1. The monoisotopic (exact) mass is 482 g/mol. The lowest BCUT2D eigenvalue weighted by Gasteiger charge is -2.18. The number of halogens is 6. The first-order chi connectivity index (χ1) is 16.5. The summed E-state index contributed by atoms with van der Waals surface area (Å²) >= 11 is 0. The van der Waals surface area contributed by atoms with Gasteiger partial charge in [-0.1, -0.05) is 60.2 Å². The van der Waals surface area contributed by atoms with Gasteiger partial charge in [0.15, 0.2) is 0 Å². The molecular formula is C28H16F6O. The maximum atomic E-state index is 13.4. The average Bonchev–Trinajstić information content (AvgIpc) is 2.81. The first-order valence-corrected chi connectivity index (χ1v) is 10.1. The Hall–Kier alpha value is -4.12. The molecule has 0 aliphatic rings. The van der Waals surface area contributed by atoms with Crippen molar-refractivity contribution in [2.75, 3.05) is 0 Å². The Morgan fingerprint density at radius 3 is 1.26 bits per heavy atom. The van der Waals surface area contributed by atoms with Gasteiger partial charge in [-0.2, -0.15) is 26.3 Å². The van der Waals surface area contributed by atoms with Crippen LogP contribution in [0.1, 0.15) is 40.3 Å². The molecule has 3 rings (SSSR count). The second kappa shape index (κ2) is 10.0. The topological polar surface area (TPSA) is 20.2 Å². The number of hydrogen-bond donors (Lipinski definition) is 1. The van der Waals surface area contributed by atoms with Gasteiger partial charge in [0.2, 0.25) is 5.60 Å². The number of aliphatic hydroxyl groups is 1. The highest BCUT2D eigenvalue weighted by Gasteiger charge is 2.34. The lowest BCUT2D eigenvalue weighted by atomic mass is 9.89. The van der Waals surface area contributed by atoms with Crippen LogP contribution in [0.4, 0.5) is 26.3 Å². The molecule has 1 N–H and O–H groups in total. The summed E-state index contributed by atoms with van der Waals surface area (Å²) in [5.41, 5.74) is -5.01. The summed E-state index contributed by atoms with van der Waals surface area (Å²) < 4.78 is 80.4. The molecule has 7 heteroatoms. The summed E-state index contributed by atoms with van der Waals surface area (Å²) in [5, 5.41) is 11.4. The molecule has 0 aliphatic heterocycles. The van der Waals surface area contributed by atoms with Gasteiger partial charge in [0.05, 0.1) is 11.1 Å². The van der Waals surface area contributed by atoms with Crippen molar-refractivity contribution in [2.24, 2.45) is 0 Å². The highest BCUT2D eigenvalue weighted by Crippen LogP contribution is 2.33. The Bertz CT molecular complexity index is 1340. The standard InChI is InChI=1S/C28H16F6O/c1-2-9-20-10-3-6-13-23(20)26(35,18-16-21-11-4-7-14-24(21)27(29,30)31)19-17-22-12-5-8-15-25(22)28(32,33)34/h3-8,10-15,35H,1H3. The molecule has 3 aromatic rings. The Morgan fingerprint density at radius 1 is 0.543 bits per heavy atom. The maximum Gasteiger partial charge on any atom is 0.417 e. The molecule has 1 nitrogen and oxygen atoms in total. The van der Waals surface area contributed by atoms with Gasteiger partial charge >= 0.3 is 12.4 Å². The van der Waals surface area contributed by atoms with E-state index in [2.05, 4.69) is 35.5 Å². The van der Waals surface area contributed by atoms with Crippen LogP contribution >= 0.6 is 0 Å². The minimum Gasteiger partial charge on any atom is -0.363 e. The van der Waals surface area contributed by atoms with Crippen molar-refractivity contribution >= 4 is 0 Å². The van der Waals surface area contributed by atoms with E-state index < -0.39 is 40.2 Å². The molecule has 0 heterocycles. The zero-order valence-electron chi connectivity index (χ0n) is 18.1. The molecule has 0 radical (unpaired) electrons. The average molecular weight is 482 g/mol. The van der Waals surface area contributed by atoms with E-state index >= 15 is 0 Å². The Kier molecular flexibility index (Phi) is 7.30. The van der Waals surface area contributed by atoms with Gasteiger partial charge in [0.25, 0.3) is 0 Å². The number of benzene rings is 3. The highest BCUT2D eigenvalue weighted by atomic mass is 19.4. The zero-order chi connectivity index (χ0) is 25.7. The first kappa shape index (κ1) is 25.5. The normalized spacial score (nSPS) is 11.3. The molecule has 0 fully saturated rings. The largest absolute Gasteiger partial charge is 0.417 e. The second-order valence-electron chi connectivity index (χ2n) is 7.22. The van der Waals surface area contributed by atoms with Crippen molar-refractivity contribution in [1.82, 2.24) is 0 Å². The quantitative estimate of drug-likeness (QED) is 0.315. The molecule has 0 aromatic heterocycles. The van der Waals surface area contributed by atoms with Crippen molar-refractivity contribution in [2.45, 2.75) is 24.9 Å². The van der Waals surface area contributed by atoms with Crippen molar-refractivity contribution in [3.05, 3.63) is 106 Å². The predicted octanol–water partition coefficient (Wildman–Crippen LogP) is 6.39. The third-order valence-corrected chi connectivity index (χ3v) is 4.80. The van der Waals surface area contributed by atoms with E-state index in [1.165, 1.54) is 49.4 Å². The molecule has 0 saturated heterocycles. The third kappa shape index (κ3) is 6.07. The van der Waals surface area contributed by atoms with E-state index in [0.29, 0.717) is 0 Å². The number of alkyl halides is 6. The maximum absolute atomic E-state index is 13.4. The minimum absolute atomic E-state index is 0.0309. The van der Waals surface area contributed by atoms with Gasteiger partial charge in [0, 0.05) is 22.3 Å². The molecule has 176 valence electrons. The molecular weight excluding hydrogens is 466 g/mol. The molecule has 0 bridgehead atoms. The highest BCUT2D eigenvalue weighted by molar-refractivity contribution is 5.56. The van der Waals surface area contributed by atoms with E-state index in [1.54, 1.807) is 6.07 Å². The summed E-state index contributed by atoms with van der Waals surface area (Å²) in [7, 11) is 0. The van der Waals surface area contributed by atoms with Gasteiger partial charge in [-0.3, -0.25) is 0 Å². The van der Waals surface area contributed by atoms with Gasteiger partial charge in [-0.25, -0.2) is 0 Å². The minimum atomic E-state index is -4.70. The van der Waals surface area contributed by atoms with E-state index in [0.717, 1.165) is 24.3 Å². The fourth-order valence-corrected chi connectivity index (χ4v) is 3.20. The molecule has 0 saturated carbocycles.